The SMILES string of the molecule is COc1ccc(Cl)cc1C(NC(=O)C1CCN(S(=O)(=O)c2ccc(Br)cc2)CC1)c1cccc(Cl)c1. The molecule has 1 saturated heterocycles. The van der Waals surface area contributed by atoms with Crippen LogP contribution in [0.5, 0.6) is 5.75 Å². The molecule has 0 bridgehead atoms. The predicted octanol–water partition coefficient (Wildman–Crippen LogP) is 6.07. The zero-order valence-electron chi connectivity index (χ0n) is 19.5. The second-order valence-corrected chi connectivity index (χ2v) is 12.2. The van der Waals surface area contributed by atoms with Crippen LogP contribution in [-0.2, 0) is 14.8 Å². The highest BCUT2D eigenvalue weighted by molar-refractivity contribution is 9.10. The molecule has 3 aromatic carbocycles. The van der Waals surface area contributed by atoms with Gasteiger partial charge in [-0.1, -0.05) is 51.3 Å². The van der Waals surface area contributed by atoms with Crippen LogP contribution in [-0.4, -0.2) is 38.8 Å². The smallest absolute Gasteiger partial charge is 0.243 e. The summed E-state index contributed by atoms with van der Waals surface area (Å²) in [4.78, 5) is 13.6. The van der Waals surface area contributed by atoms with E-state index in [4.69, 9.17) is 27.9 Å². The topological polar surface area (TPSA) is 75.7 Å². The number of carbonyl (C=O) groups excluding carboxylic acids is 1. The molecule has 1 N–H and O–H groups in total. The van der Waals surface area contributed by atoms with Crippen molar-refractivity contribution in [1.82, 2.24) is 9.62 Å². The van der Waals surface area contributed by atoms with E-state index in [1.807, 2.05) is 12.1 Å². The van der Waals surface area contributed by atoms with Crippen molar-refractivity contribution >= 4 is 55.1 Å². The quantitative estimate of drug-likeness (QED) is 0.352. The molecule has 1 amide bonds. The van der Waals surface area contributed by atoms with Crippen LogP contribution in [0.1, 0.15) is 30.0 Å². The lowest BCUT2D eigenvalue weighted by molar-refractivity contribution is -0.126. The number of methoxy groups -OCH3 is 1. The summed E-state index contributed by atoms with van der Waals surface area (Å²) in [6.45, 7) is 0.525. The van der Waals surface area contributed by atoms with E-state index in [0.717, 1.165) is 10.0 Å². The Labute approximate surface area is 229 Å². The van der Waals surface area contributed by atoms with Gasteiger partial charge in [0.25, 0.3) is 0 Å². The maximum absolute atomic E-state index is 13.4. The Bertz CT molecular complexity index is 1340. The van der Waals surface area contributed by atoms with E-state index in [0.29, 0.717) is 34.2 Å². The average molecular weight is 612 g/mol. The van der Waals surface area contributed by atoms with Gasteiger partial charge in [-0.15, -0.1) is 0 Å². The maximum atomic E-state index is 13.4. The van der Waals surface area contributed by atoms with Crippen molar-refractivity contribution in [3.8, 4) is 5.75 Å². The molecule has 0 radical (unpaired) electrons. The summed E-state index contributed by atoms with van der Waals surface area (Å²) in [6.07, 6.45) is 0.826. The third-order valence-corrected chi connectivity index (χ3v) is 9.16. The first-order valence-corrected chi connectivity index (χ1v) is 14.3. The summed E-state index contributed by atoms with van der Waals surface area (Å²) >= 11 is 15.9. The van der Waals surface area contributed by atoms with E-state index in [-0.39, 0.29) is 29.8 Å². The van der Waals surface area contributed by atoms with Crippen molar-refractivity contribution in [2.75, 3.05) is 20.2 Å². The van der Waals surface area contributed by atoms with Crippen molar-refractivity contribution in [1.29, 1.82) is 0 Å². The number of carbonyl (C=O) groups is 1. The lowest BCUT2D eigenvalue weighted by atomic mass is 9.93. The summed E-state index contributed by atoms with van der Waals surface area (Å²) in [7, 11) is -2.06. The summed E-state index contributed by atoms with van der Waals surface area (Å²) < 4.78 is 33.8. The minimum absolute atomic E-state index is 0.164. The monoisotopic (exact) mass is 610 g/mol. The minimum Gasteiger partial charge on any atom is -0.496 e. The number of rotatable bonds is 7. The van der Waals surface area contributed by atoms with Gasteiger partial charge in [0.15, 0.2) is 0 Å². The highest BCUT2D eigenvalue weighted by Gasteiger charge is 2.33. The highest BCUT2D eigenvalue weighted by Crippen LogP contribution is 2.34. The number of ether oxygens (including phenoxy) is 1. The highest BCUT2D eigenvalue weighted by atomic mass is 79.9. The molecule has 0 saturated carbocycles. The van der Waals surface area contributed by atoms with Gasteiger partial charge >= 0.3 is 0 Å². The number of halogens is 3. The fraction of sp³-hybridized carbons (Fsp3) is 0.269. The number of piperidine rings is 1. The lowest BCUT2D eigenvalue weighted by Gasteiger charge is -2.32. The Morgan fingerprint density at radius 1 is 1.03 bits per heavy atom. The summed E-state index contributed by atoms with van der Waals surface area (Å²) in [6, 6.07) is 18.5. The van der Waals surface area contributed by atoms with Crippen molar-refractivity contribution in [2.24, 2.45) is 5.92 Å². The fourth-order valence-electron chi connectivity index (χ4n) is 4.33. The van der Waals surface area contributed by atoms with E-state index >= 15 is 0 Å². The van der Waals surface area contributed by atoms with Crippen molar-refractivity contribution in [2.45, 2.75) is 23.8 Å². The molecule has 4 rings (SSSR count). The van der Waals surface area contributed by atoms with Crippen LogP contribution in [0.4, 0.5) is 0 Å². The second-order valence-electron chi connectivity index (χ2n) is 8.52. The molecule has 0 aromatic heterocycles. The van der Waals surface area contributed by atoms with Gasteiger partial charge in [0.1, 0.15) is 5.75 Å². The van der Waals surface area contributed by atoms with Crippen LogP contribution < -0.4 is 10.1 Å². The number of nitrogens with one attached hydrogen (secondary N) is 1. The maximum Gasteiger partial charge on any atom is 0.243 e. The van der Waals surface area contributed by atoms with E-state index in [1.165, 1.54) is 4.31 Å². The predicted molar refractivity (Wildman–Crippen MR) is 145 cm³/mol. The fourth-order valence-corrected chi connectivity index (χ4v) is 6.44. The molecular formula is C26H25BrCl2N2O4S. The van der Waals surface area contributed by atoms with Gasteiger partial charge < -0.3 is 10.1 Å². The molecule has 1 fully saturated rings. The lowest BCUT2D eigenvalue weighted by Crippen LogP contribution is -2.43. The Morgan fingerprint density at radius 2 is 1.69 bits per heavy atom. The summed E-state index contributed by atoms with van der Waals surface area (Å²) in [5, 5.41) is 4.18. The van der Waals surface area contributed by atoms with E-state index < -0.39 is 16.1 Å². The van der Waals surface area contributed by atoms with Crippen LogP contribution in [0.25, 0.3) is 0 Å². The zero-order valence-corrected chi connectivity index (χ0v) is 23.4. The second kappa shape index (κ2) is 11.5. The molecule has 36 heavy (non-hydrogen) atoms. The Balaban J connectivity index is 1.52. The Kier molecular flexibility index (Phi) is 8.63. The number of nitrogens with zero attached hydrogens (tertiary/aromatic N) is 1. The van der Waals surface area contributed by atoms with Crippen LogP contribution >= 0.6 is 39.1 Å². The molecule has 1 atom stereocenters. The average Bonchev–Trinajstić information content (AvgIpc) is 2.87. The molecular weight excluding hydrogens is 587 g/mol. The molecule has 1 aliphatic heterocycles. The first-order valence-electron chi connectivity index (χ1n) is 11.3. The van der Waals surface area contributed by atoms with Crippen LogP contribution in [0.15, 0.2) is 76.1 Å². The molecule has 1 heterocycles. The summed E-state index contributed by atoms with van der Waals surface area (Å²) in [5.41, 5.74) is 1.49. The van der Waals surface area contributed by atoms with Gasteiger partial charge in [-0.05, 0) is 73.0 Å². The van der Waals surface area contributed by atoms with Gasteiger partial charge in [-0.2, -0.15) is 4.31 Å². The largest absolute Gasteiger partial charge is 0.496 e. The Hall–Kier alpha value is -2.10. The van der Waals surface area contributed by atoms with Crippen molar-refractivity contribution in [3.63, 3.8) is 0 Å². The third kappa shape index (κ3) is 6.06. The van der Waals surface area contributed by atoms with Crippen LogP contribution in [0.2, 0.25) is 10.0 Å². The van der Waals surface area contributed by atoms with Gasteiger partial charge in [0.05, 0.1) is 18.0 Å². The minimum atomic E-state index is -3.62. The first-order chi connectivity index (χ1) is 17.2. The molecule has 1 unspecified atom stereocenters. The Morgan fingerprint density at radius 3 is 2.33 bits per heavy atom. The standard InChI is InChI=1S/C26H25BrCl2N2O4S/c1-35-24-10-7-21(29)16-23(24)25(18-3-2-4-20(28)15-18)30-26(32)17-11-13-31(14-12-17)36(33,34)22-8-5-19(27)6-9-22/h2-10,15-17,25H,11-14H2,1H3,(H,30,32). The van der Waals surface area contributed by atoms with Crippen molar-refractivity contribution < 1.29 is 17.9 Å². The molecule has 3 aromatic rings. The van der Waals surface area contributed by atoms with Gasteiger partial charge in [0.2, 0.25) is 15.9 Å². The normalized spacial score (nSPS) is 15.9. The van der Waals surface area contributed by atoms with Gasteiger partial charge in [-0.3, -0.25) is 4.79 Å². The number of hydrogen-bond acceptors (Lipinski definition) is 4. The summed E-state index contributed by atoms with van der Waals surface area (Å²) in [5.74, 6) is 0.0796. The third-order valence-electron chi connectivity index (χ3n) is 6.25. The number of benzene rings is 3. The molecule has 1 aliphatic rings. The van der Waals surface area contributed by atoms with Crippen LogP contribution in [0, 0.1) is 5.92 Å². The number of amides is 1. The molecule has 190 valence electrons. The number of sulfonamides is 1. The zero-order chi connectivity index (χ0) is 25.9. The van der Waals surface area contributed by atoms with E-state index in [2.05, 4.69) is 21.2 Å². The van der Waals surface area contributed by atoms with Crippen LogP contribution in [0.3, 0.4) is 0 Å². The molecule has 0 spiro atoms. The first kappa shape index (κ1) is 26.9. The number of hydrogen-bond donors (Lipinski definition) is 1. The molecule has 10 heteroatoms. The van der Waals surface area contributed by atoms with Gasteiger partial charge in [0, 0.05) is 39.1 Å². The molecule has 6 nitrogen and oxygen atoms in total. The van der Waals surface area contributed by atoms with E-state index in [9.17, 15) is 13.2 Å². The van der Waals surface area contributed by atoms with E-state index in [1.54, 1.807) is 61.7 Å². The van der Waals surface area contributed by atoms with Crippen molar-refractivity contribution in [3.05, 3.63) is 92.4 Å². The molecule has 0 aliphatic carbocycles. The van der Waals surface area contributed by atoms with Gasteiger partial charge in [-0.25, -0.2) is 8.42 Å².